The number of nitrogens with zero attached hydrogens (tertiary/aromatic N) is 4. The zero-order valence-electron chi connectivity index (χ0n) is 13.1. The normalized spacial score (nSPS) is 25.9. The van der Waals surface area contributed by atoms with Crippen LogP contribution in [-0.2, 0) is 11.2 Å². The van der Waals surface area contributed by atoms with Crippen LogP contribution < -0.4 is 5.32 Å². The molecule has 3 aromatic rings. The number of thiazole rings is 2. The quantitative estimate of drug-likeness (QED) is 0.707. The fourth-order valence-electron chi connectivity index (χ4n) is 3.30. The molecule has 9 heteroatoms. The molecule has 7 nitrogen and oxygen atoms in total. The minimum Gasteiger partial charge on any atom is -0.480 e. The maximum Gasteiger partial charge on any atom is 0.324 e. The molecule has 0 spiro atoms. The second-order valence-electron chi connectivity index (χ2n) is 5.92. The Balaban J connectivity index is 1.73. The molecule has 1 fully saturated rings. The van der Waals surface area contributed by atoms with Gasteiger partial charge in [-0.05, 0) is 6.42 Å². The fraction of sp³-hybridized carbons (Fsp3) is 0.312. The van der Waals surface area contributed by atoms with Crippen LogP contribution in [0.4, 0.5) is 0 Å². The number of hydrogen-bond acceptors (Lipinski definition) is 8. The average molecular weight is 373 g/mol. The van der Waals surface area contributed by atoms with Gasteiger partial charge in [-0.25, -0.2) is 9.97 Å². The first-order valence-corrected chi connectivity index (χ1v) is 9.49. The predicted molar refractivity (Wildman–Crippen MR) is 93.6 cm³/mol. The Kier molecular flexibility index (Phi) is 4.28. The largest absolute Gasteiger partial charge is 0.480 e. The number of aromatic nitrogens is 4. The van der Waals surface area contributed by atoms with E-state index in [-0.39, 0.29) is 12.0 Å². The fourth-order valence-corrected chi connectivity index (χ4v) is 4.78. The zero-order chi connectivity index (χ0) is 17.3. The van der Waals surface area contributed by atoms with Gasteiger partial charge in [-0.1, -0.05) is 0 Å². The molecule has 0 saturated carbocycles. The highest BCUT2D eigenvalue weighted by Crippen LogP contribution is 2.45. The number of rotatable bonds is 5. The van der Waals surface area contributed by atoms with Gasteiger partial charge < -0.3 is 5.11 Å². The van der Waals surface area contributed by atoms with E-state index in [4.69, 9.17) is 0 Å². The van der Waals surface area contributed by atoms with E-state index in [0.29, 0.717) is 12.8 Å². The first kappa shape index (κ1) is 16.2. The van der Waals surface area contributed by atoms with Gasteiger partial charge in [0, 0.05) is 54.1 Å². The van der Waals surface area contributed by atoms with Crippen LogP contribution in [0.5, 0.6) is 0 Å². The zero-order valence-corrected chi connectivity index (χ0v) is 14.7. The smallest absolute Gasteiger partial charge is 0.324 e. The average Bonchev–Trinajstić information content (AvgIpc) is 3.37. The first-order valence-electron chi connectivity index (χ1n) is 7.73. The van der Waals surface area contributed by atoms with Crippen molar-refractivity contribution in [3.05, 3.63) is 57.5 Å². The molecule has 2 N–H and O–H groups in total. The van der Waals surface area contributed by atoms with E-state index in [1.165, 1.54) is 22.7 Å². The molecule has 1 aliphatic heterocycles. The first-order chi connectivity index (χ1) is 12.2. The van der Waals surface area contributed by atoms with Gasteiger partial charge in [0.2, 0.25) is 0 Å². The van der Waals surface area contributed by atoms with Crippen molar-refractivity contribution < 1.29 is 9.90 Å². The Labute approximate surface area is 151 Å². The van der Waals surface area contributed by atoms with Gasteiger partial charge in [0.25, 0.3) is 0 Å². The van der Waals surface area contributed by atoms with Gasteiger partial charge in [-0.15, -0.1) is 22.7 Å². The van der Waals surface area contributed by atoms with E-state index in [1.54, 1.807) is 31.0 Å². The van der Waals surface area contributed by atoms with E-state index in [1.807, 2.05) is 10.8 Å². The van der Waals surface area contributed by atoms with Crippen LogP contribution in [0.25, 0.3) is 0 Å². The molecular formula is C16H15N5O2S2. The number of nitrogens with one attached hydrogen (secondary N) is 1. The van der Waals surface area contributed by atoms with Gasteiger partial charge in [0.15, 0.2) is 0 Å². The van der Waals surface area contributed by atoms with Crippen molar-refractivity contribution in [1.82, 2.24) is 25.3 Å². The van der Waals surface area contributed by atoms with Crippen molar-refractivity contribution in [1.29, 1.82) is 0 Å². The summed E-state index contributed by atoms with van der Waals surface area (Å²) in [5, 5.41) is 18.8. The highest BCUT2D eigenvalue weighted by atomic mass is 32.1. The maximum atomic E-state index is 12.2. The van der Waals surface area contributed by atoms with Crippen molar-refractivity contribution in [2.75, 3.05) is 0 Å². The lowest BCUT2D eigenvalue weighted by Gasteiger charge is -2.24. The summed E-state index contributed by atoms with van der Waals surface area (Å²) in [6.45, 7) is 0. The highest BCUT2D eigenvalue weighted by molar-refractivity contribution is 7.09. The van der Waals surface area contributed by atoms with Crippen molar-refractivity contribution in [3.8, 4) is 0 Å². The van der Waals surface area contributed by atoms with Gasteiger partial charge in [-0.2, -0.15) is 0 Å². The number of aliphatic carboxylic acids is 1. The molecule has 3 atom stereocenters. The molecule has 1 saturated heterocycles. The summed E-state index contributed by atoms with van der Waals surface area (Å²) in [5.41, 5.74) is -0.325. The summed E-state index contributed by atoms with van der Waals surface area (Å²) >= 11 is 2.98. The molecule has 4 heterocycles. The van der Waals surface area contributed by atoms with E-state index in [2.05, 4.69) is 25.3 Å². The maximum absolute atomic E-state index is 12.2. The van der Waals surface area contributed by atoms with Crippen LogP contribution in [0, 0.1) is 0 Å². The Morgan fingerprint density at radius 1 is 1.20 bits per heavy atom. The molecule has 128 valence electrons. The second kappa shape index (κ2) is 6.58. The third-order valence-electron chi connectivity index (χ3n) is 4.43. The SMILES string of the molecule is O=C(O)[C@]1(Cc2nccs2)C[C@H](c2cnccn2)[C@H](c2nccs2)N1. The summed E-state index contributed by atoms with van der Waals surface area (Å²) < 4.78 is 0. The van der Waals surface area contributed by atoms with Crippen molar-refractivity contribution in [3.63, 3.8) is 0 Å². The third-order valence-corrected chi connectivity index (χ3v) is 6.07. The molecule has 0 aliphatic carbocycles. The Hall–Kier alpha value is -2.23. The van der Waals surface area contributed by atoms with Crippen LogP contribution in [0.15, 0.2) is 41.7 Å². The number of carboxylic acid groups (broad SMARTS) is 1. The van der Waals surface area contributed by atoms with Crippen LogP contribution in [0.3, 0.4) is 0 Å². The van der Waals surface area contributed by atoms with Crippen LogP contribution in [0.2, 0.25) is 0 Å². The Morgan fingerprint density at radius 2 is 2.04 bits per heavy atom. The second-order valence-corrected chi connectivity index (χ2v) is 7.83. The molecule has 0 aromatic carbocycles. The summed E-state index contributed by atoms with van der Waals surface area (Å²) in [7, 11) is 0. The molecule has 25 heavy (non-hydrogen) atoms. The summed E-state index contributed by atoms with van der Waals surface area (Å²) in [6.07, 6.45) is 9.12. The Morgan fingerprint density at radius 3 is 2.68 bits per heavy atom. The van der Waals surface area contributed by atoms with E-state index in [9.17, 15) is 9.90 Å². The number of carbonyl (C=O) groups is 1. The number of carboxylic acids is 1. The molecule has 0 unspecified atom stereocenters. The molecule has 0 bridgehead atoms. The van der Waals surface area contributed by atoms with Gasteiger partial charge in [0.1, 0.15) is 10.5 Å². The summed E-state index contributed by atoms with van der Waals surface area (Å²) in [4.78, 5) is 29.4. The van der Waals surface area contributed by atoms with Crippen molar-refractivity contribution >= 4 is 28.6 Å². The van der Waals surface area contributed by atoms with E-state index in [0.717, 1.165) is 15.7 Å². The molecule has 4 rings (SSSR count). The van der Waals surface area contributed by atoms with Crippen molar-refractivity contribution in [2.24, 2.45) is 0 Å². The molecule has 0 radical (unpaired) electrons. The van der Waals surface area contributed by atoms with Gasteiger partial charge in [-0.3, -0.25) is 20.1 Å². The van der Waals surface area contributed by atoms with Gasteiger partial charge >= 0.3 is 5.97 Å². The minimum absolute atomic E-state index is 0.115. The van der Waals surface area contributed by atoms with Crippen LogP contribution >= 0.6 is 22.7 Å². The summed E-state index contributed by atoms with van der Waals surface area (Å²) in [6, 6.07) is -0.215. The lowest BCUT2D eigenvalue weighted by molar-refractivity contribution is -0.144. The predicted octanol–water partition coefficient (Wildman–Crippen LogP) is 2.27. The van der Waals surface area contributed by atoms with Crippen LogP contribution in [0.1, 0.15) is 34.1 Å². The monoisotopic (exact) mass is 373 g/mol. The van der Waals surface area contributed by atoms with Gasteiger partial charge in [0.05, 0.1) is 16.7 Å². The standard InChI is InChI=1S/C16H15N5O2S2/c22-15(23)16(8-12-19-3-5-24-12)7-10(11-9-17-1-2-18-11)13(21-16)14-20-4-6-25-14/h1-6,9-10,13,21H,7-8H2,(H,22,23)/t10-,13-,16-/m1/s1. The minimum atomic E-state index is -1.10. The summed E-state index contributed by atoms with van der Waals surface area (Å²) in [5.74, 6) is -0.994. The van der Waals surface area contributed by atoms with Crippen molar-refractivity contribution in [2.45, 2.75) is 30.3 Å². The highest BCUT2D eigenvalue weighted by Gasteiger charge is 2.52. The van der Waals surface area contributed by atoms with E-state index < -0.39 is 11.5 Å². The lowest BCUT2D eigenvalue weighted by atomic mass is 9.87. The molecule has 0 amide bonds. The topological polar surface area (TPSA) is 101 Å². The molecule has 1 aliphatic rings. The molecule has 3 aromatic heterocycles. The van der Waals surface area contributed by atoms with Crippen LogP contribution in [-0.4, -0.2) is 36.6 Å². The van der Waals surface area contributed by atoms with E-state index >= 15 is 0 Å². The number of hydrogen-bond donors (Lipinski definition) is 2. The Bertz CT molecular complexity index is 841. The third kappa shape index (κ3) is 3.06. The lowest BCUT2D eigenvalue weighted by Crippen LogP contribution is -2.50. The molecular weight excluding hydrogens is 358 g/mol.